The molecule has 8 aromatic carbocycles. The first-order valence-electron chi connectivity index (χ1n) is 20.4. The fourth-order valence-corrected chi connectivity index (χ4v) is 9.61. The Hall–Kier alpha value is -7.95. The average molecular weight is 768 g/mol. The van der Waals surface area contributed by atoms with Crippen molar-refractivity contribution in [2.24, 2.45) is 0 Å². The van der Waals surface area contributed by atoms with E-state index in [1.165, 1.54) is 43.6 Å². The lowest BCUT2D eigenvalue weighted by atomic mass is 9.95. The van der Waals surface area contributed by atoms with Gasteiger partial charge in [0.1, 0.15) is 11.2 Å². The molecule has 282 valence electrons. The molecule has 0 aliphatic carbocycles. The van der Waals surface area contributed by atoms with Gasteiger partial charge in [0.05, 0.1) is 33.3 Å². The standard InChI is InChI=1S/C56H37N3O/c1-3-5-16-35(4-2)56-45-28-30-53-55(54(45)44-21-6-11-22-47(44)57-56)46-33-36(27-29-52(46)60-53)37-31-38(58-48-23-12-7-17-40(48)41-18-8-13-24-49(41)58)34-39(32-37)59-50-25-14-9-19-42(50)43-20-10-15-26-51(43)59/h3-34H,1H2,2H3/b16-5-,35-4+. The van der Waals surface area contributed by atoms with Crippen molar-refractivity contribution in [1.82, 2.24) is 14.1 Å². The van der Waals surface area contributed by atoms with Crippen LogP contribution in [0.1, 0.15) is 12.6 Å². The van der Waals surface area contributed by atoms with Crippen molar-refractivity contribution < 1.29 is 4.42 Å². The van der Waals surface area contributed by atoms with Gasteiger partial charge in [-0.15, -0.1) is 0 Å². The van der Waals surface area contributed by atoms with E-state index in [1.54, 1.807) is 6.08 Å². The van der Waals surface area contributed by atoms with Crippen LogP contribution in [0.4, 0.5) is 0 Å². The third-order valence-corrected chi connectivity index (χ3v) is 12.2. The second kappa shape index (κ2) is 13.3. The number of benzene rings is 8. The molecule has 0 radical (unpaired) electrons. The molecule has 12 aromatic rings. The number of hydrogen-bond donors (Lipinski definition) is 0. The van der Waals surface area contributed by atoms with Gasteiger partial charge in [0.15, 0.2) is 0 Å². The van der Waals surface area contributed by atoms with Gasteiger partial charge >= 0.3 is 0 Å². The Balaban J connectivity index is 1.17. The summed E-state index contributed by atoms with van der Waals surface area (Å²) in [4.78, 5) is 5.23. The summed E-state index contributed by atoms with van der Waals surface area (Å²) < 4.78 is 11.5. The summed E-state index contributed by atoms with van der Waals surface area (Å²) in [6, 6.07) is 61.3. The highest BCUT2D eigenvalue weighted by Gasteiger charge is 2.20. The van der Waals surface area contributed by atoms with Gasteiger partial charge in [0.2, 0.25) is 0 Å². The predicted molar refractivity (Wildman–Crippen MR) is 254 cm³/mol. The minimum absolute atomic E-state index is 0.850. The minimum atomic E-state index is 0.850. The largest absolute Gasteiger partial charge is 0.456 e. The molecule has 0 unspecified atom stereocenters. The molecule has 12 rings (SSSR count). The average Bonchev–Trinajstić information content (AvgIpc) is 3.96. The third-order valence-electron chi connectivity index (χ3n) is 12.2. The number of para-hydroxylation sites is 5. The van der Waals surface area contributed by atoms with E-state index in [1.807, 2.05) is 6.08 Å². The fourth-order valence-electron chi connectivity index (χ4n) is 9.61. The maximum absolute atomic E-state index is 6.68. The van der Waals surface area contributed by atoms with Crippen LogP contribution in [-0.2, 0) is 0 Å². The summed E-state index contributed by atoms with van der Waals surface area (Å²) in [6.45, 7) is 5.98. The van der Waals surface area contributed by atoms with Crippen LogP contribution in [0, 0.1) is 0 Å². The fraction of sp³-hybridized carbons (Fsp3) is 0.0179. The molecular weight excluding hydrogens is 731 g/mol. The maximum Gasteiger partial charge on any atom is 0.136 e. The quantitative estimate of drug-likeness (QED) is 0.125. The summed E-state index contributed by atoms with van der Waals surface area (Å²) in [6.07, 6.45) is 7.97. The number of allylic oxidation sites excluding steroid dienone is 5. The van der Waals surface area contributed by atoms with Crippen LogP contribution in [0.3, 0.4) is 0 Å². The molecule has 0 bridgehead atoms. The zero-order valence-corrected chi connectivity index (χ0v) is 32.9. The lowest BCUT2D eigenvalue weighted by Crippen LogP contribution is -2.00. The normalized spacial score (nSPS) is 12.5. The van der Waals surface area contributed by atoms with Gasteiger partial charge in [-0.1, -0.05) is 128 Å². The number of furan rings is 1. The molecule has 0 saturated heterocycles. The van der Waals surface area contributed by atoms with Crippen LogP contribution in [-0.4, -0.2) is 14.1 Å². The number of pyridine rings is 1. The summed E-state index contributed by atoms with van der Waals surface area (Å²) >= 11 is 0. The highest BCUT2D eigenvalue weighted by molar-refractivity contribution is 6.28. The summed E-state index contributed by atoms with van der Waals surface area (Å²) in [7, 11) is 0. The molecule has 0 spiro atoms. The van der Waals surface area contributed by atoms with Crippen LogP contribution in [0.15, 0.2) is 205 Å². The van der Waals surface area contributed by atoms with Crippen molar-refractivity contribution in [2.75, 3.05) is 0 Å². The first-order chi connectivity index (χ1) is 29.7. The Morgan fingerprint density at radius 2 is 1.03 bits per heavy atom. The second-order valence-corrected chi connectivity index (χ2v) is 15.5. The summed E-state index contributed by atoms with van der Waals surface area (Å²) in [5.74, 6) is 0. The molecule has 0 aliphatic heterocycles. The molecule has 0 amide bonds. The highest BCUT2D eigenvalue weighted by atomic mass is 16.3. The number of fused-ring (bicyclic) bond motifs is 13. The Kier molecular flexibility index (Phi) is 7.56. The Bertz CT molecular complexity index is 3570. The van der Waals surface area contributed by atoms with Gasteiger partial charge in [-0.2, -0.15) is 0 Å². The third kappa shape index (κ3) is 5.01. The molecule has 4 heteroatoms. The van der Waals surface area contributed by atoms with Crippen LogP contribution >= 0.6 is 0 Å². The minimum Gasteiger partial charge on any atom is -0.456 e. The Labute approximate surface area is 345 Å². The number of nitrogens with zero attached hydrogens (tertiary/aromatic N) is 3. The number of rotatable bonds is 6. The zero-order chi connectivity index (χ0) is 39.9. The van der Waals surface area contributed by atoms with Crippen LogP contribution in [0.5, 0.6) is 0 Å². The van der Waals surface area contributed by atoms with Crippen molar-refractivity contribution in [3.05, 3.63) is 206 Å². The summed E-state index contributed by atoms with van der Waals surface area (Å²) in [5, 5.41) is 10.4. The van der Waals surface area contributed by atoms with E-state index in [9.17, 15) is 0 Å². The van der Waals surface area contributed by atoms with Gasteiger partial charge in [0.25, 0.3) is 0 Å². The molecular formula is C56H37N3O. The van der Waals surface area contributed by atoms with Crippen LogP contribution < -0.4 is 0 Å². The first kappa shape index (κ1) is 34.1. The van der Waals surface area contributed by atoms with Crippen molar-refractivity contribution in [1.29, 1.82) is 0 Å². The van der Waals surface area contributed by atoms with Gasteiger partial charge in [-0.3, -0.25) is 0 Å². The van der Waals surface area contributed by atoms with Gasteiger partial charge in [-0.25, -0.2) is 4.98 Å². The Morgan fingerprint density at radius 3 is 1.60 bits per heavy atom. The van der Waals surface area contributed by atoms with E-state index in [0.717, 1.165) is 77.4 Å². The number of hydrogen-bond acceptors (Lipinski definition) is 2. The SMILES string of the molecule is C=C/C=C\C(=C/C)c1nc2ccccc2c2c1ccc1oc3ccc(-c4cc(-n5c6ccccc6c6ccccc65)cc(-n5c6ccccc6c6ccccc65)c4)cc3c12. The lowest BCUT2D eigenvalue weighted by Gasteiger charge is -2.16. The first-order valence-corrected chi connectivity index (χ1v) is 20.4. The van der Waals surface area contributed by atoms with Gasteiger partial charge in [-0.05, 0) is 96.4 Å². The molecule has 4 nitrogen and oxygen atoms in total. The van der Waals surface area contributed by atoms with E-state index in [4.69, 9.17) is 9.40 Å². The smallest absolute Gasteiger partial charge is 0.136 e. The lowest BCUT2D eigenvalue weighted by molar-refractivity contribution is 0.669. The van der Waals surface area contributed by atoms with Crippen molar-refractivity contribution >= 4 is 92.8 Å². The maximum atomic E-state index is 6.68. The zero-order valence-electron chi connectivity index (χ0n) is 32.9. The molecule has 60 heavy (non-hydrogen) atoms. The van der Waals surface area contributed by atoms with Gasteiger partial charge in [0, 0.05) is 59.9 Å². The van der Waals surface area contributed by atoms with Crippen molar-refractivity contribution in [3.63, 3.8) is 0 Å². The second-order valence-electron chi connectivity index (χ2n) is 15.5. The molecule has 0 saturated carbocycles. The topological polar surface area (TPSA) is 35.9 Å². The molecule has 0 atom stereocenters. The highest BCUT2D eigenvalue weighted by Crippen LogP contribution is 2.43. The molecule has 0 N–H and O–H groups in total. The van der Waals surface area contributed by atoms with E-state index in [0.29, 0.717) is 0 Å². The van der Waals surface area contributed by atoms with Crippen molar-refractivity contribution in [2.45, 2.75) is 6.92 Å². The molecule has 4 aromatic heterocycles. The monoisotopic (exact) mass is 767 g/mol. The van der Waals surface area contributed by atoms with E-state index >= 15 is 0 Å². The van der Waals surface area contributed by atoms with Crippen LogP contribution in [0.2, 0.25) is 0 Å². The summed E-state index contributed by atoms with van der Waals surface area (Å²) in [5.41, 5.74) is 13.7. The molecule has 0 aliphatic rings. The number of aromatic nitrogens is 3. The van der Waals surface area contributed by atoms with E-state index in [2.05, 4.69) is 205 Å². The Morgan fingerprint density at radius 1 is 0.500 bits per heavy atom. The molecule has 0 fully saturated rings. The van der Waals surface area contributed by atoms with Crippen LogP contribution in [0.25, 0.3) is 115 Å². The van der Waals surface area contributed by atoms with Crippen molar-refractivity contribution in [3.8, 4) is 22.5 Å². The van der Waals surface area contributed by atoms with E-state index in [-0.39, 0.29) is 0 Å². The van der Waals surface area contributed by atoms with Gasteiger partial charge < -0.3 is 13.6 Å². The predicted octanol–water partition coefficient (Wildman–Crippen LogP) is 15.3. The molecule has 4 heterocycles. The van der Waals surface area contributed by atoms with E-state index < -0.39 is 0 Å².